The van der Waals surface area contributed by atoms with Crippen molar-refractivity contribution in [3.63, 3.8) is 0 Å². The summed E-state index contributed by atoms with van der Waals surface area (Å²) < 4.78 is 17.9. The molecule has 2 aromatic rings. The Balaban J connectivity index is 1.16. The molecule has 6 rings (SSSR count). The Morgan fingerprint density at radius 2 is 1.52 bits per heavy atom. The zero-order valence-corrected chi connectivity index (χ0v) is 28.8. The van der Waals surface area contributed by atoms with E-state index in [0.29, 0.717) is 11.8 Å². The lowest BCUT2D eigenvalue weighted by molar-refractivity contribution is -0.185. The minimum Gasteiger partial charge on any atom is -0.445 e. The molecule has 4 fully saturated rings. The van der Waals surface area contributed by atoms with E-state index in [9.17, 15) is 19.2 Å². The number of carbonyl (C=O) groups is 4. The van der Waals surface area contributed by atoms with Crippen molar-refractivity contribution in [1.82, 2.24) is 21.3 Å². The molecule has 1 saturated heterocycles. The second-order valence-electron chi connectivity index (χ2n) is 14.6. The number of amides is 4. The van der Waals surface area contributed by atoms with Crippen molar-refractivity contribution in [1.29, 1.82) is 0 Å². The van der Waals surface area contributed by atoms with Gasteiger partial charge in [-0.2, -0.15) is 0 Å². The van der Waals surface area contributed by atoms with Gasteiger partial charge < -0.3 is 35.3 Å². The maximum absolute atomic E-state index is 13.6. The van der Waals surface area contributed by atoms with Crippen LogP contribution in [0.3, 0.4) is 0 Å². The first kappa shape index (κ1) is 35.4. The fourth-order valence-electron chi connectivity index (χ4n) is 7.35. The van der Waals surface area contributed by atoms with Gasteiger partial charge in [-0.3, -0.25) is 14.4 Å². The highest BCUT2D eigenvalue weighted by Gasteiger charge is 2.66. The van der Waals surface area contributed by atoms with Crippen LogP contribution in [0.4, 0.5) is 4.79 Å². The molecule has 12 heteroatoms. The van der Waals surface area contributed by atoms with E-state index in [1.165, 1.54) is 0 Å². The van der Waals surface area contributed by atoms with Gasteiger partial charge in [0, 0.05) is 6.42 Å². The molecule has 7 atom stereocenters. The fourth-order valence-corrected chi connectivity index (χ4v) is 7.35. The van der Waals surface area contributed by atoms with Crippen LogP contribution in [-0.2, 0) is 41.5 Å². The normalized spacial score (nSPS) is 25.5. The summed E-state index contributed by atoms with van der Waals surface area (Å²) in [6.07, 6.45) is 1.67. The lowest BCUT2D eigenvalue weighted by Gasteiger charge is -2.63. The molecule has 4 N–H and O–H groups in total. The minimum absolute atomic E-state index is 0.00578. The number of benzene rings is 2. The first-order valence-electron chi connectivity index (χ1n) is 17.0. The standard InChI is InChI=1S/C36H49BN4O7/c1-22(2)29(41-34(45)46-20-25-15-11-8-12-16-25)33(44)40-28(17-24-13-9-7-10-14-24)32(43)39-23(3)31(42)38-21-37-47-30-27-18-26(35(27,4)5)19-36(30,6)48-37/h7-16,22-23,26-30H,17-21H2,1-6H3,(H,38,42)(H,39,43)(H,40,44)(H,41,45)/t23-,26?,27?,28?,29?,30-,36+/m0/s1. The SMILES string of the molecule is CC(C)C(NC(=O)OCc1ccccc1)C(=O)NC(Cc1ccccc1)C(=O)N[C@@H](C)C(=O)NCB1O[C@H]2C3CC(C[C@@]2(C)O1)C3(C)C. The third kappa shape index (κ3) is 8.03. The predicted molar refractivity (Wildman–Crippen MR) is 181 cm³/mol. The van der Waals surface area contributed by atoms with Crippen LogP contribution < -0.4 is 21.3 Å². The summed E-state index contributed by atoms with van der Waals surface area (Å²) in [5.41, 5.74) is 1.50. The van der Waals surface area contributed by atoms with Crippen LogP contribution in [0.2, 0.25) is 0 Å². The topological polar surface area (TPSA) is 144 Å². The van der Waals surface area contributed by atoms with Crippen molar-refractivity contribution in [2.75, 3.05) is 6.44 Å². The number of hydrogen-bond acceptors (Lipinski definition) is 7. The fraction of sp³-hybridized carbons (Fsp3) is 0.556. The van der Waals surface area contributed by atoms with E-state index in [2.05, 4.69) is 42.0 Å². The van der Waals surface area contributed by atoms with Gasteiger partial charge in [-0.15, -0.1) is 0 Å². The molecule has 2 bridgehead atoms. The largest absolute Gasteiger partial charge is 0.478 e. The molecule has 2 aromatic carbocycles. The number of rotatable bonds is 13. The van der Waals surface area contributed by atoms with Crippen molar-refractivity contribution in [3.05, 3.63) is 71.8 Å². The molecular weight excluding hydrogens is 611 g/mol. The quantitative estimate of drug-likeness (QED) is 0.241. The first-order chi connectivity index (χ1) is 22.8. The van der Waals surface area contributed by atoms with E-state index >= 15 is 0 Å². The van der Waals surface area contributed by atoms with Crippen LogP contribution in [-0.4, -0.2) is 67.2 Å². The summed E-state index contributed by atoms with van der Waals surface area (Å²) >= 11 is 0. The molecule has 4 amide bonds. The Bertz CT molecular complexity index is 1460. The number of nitrogens with one attached hydrogen (secondary N) is 4. The van der Waals surface area contributed by atoms with E-state index in [1.54, 1.807) is 20.8 Å². The molecule has 3 saturated carbocycles. The van der Waals surface area contributed by atoms with Crippen molar-refractivity contribution in [2.24, 2.45) is 23.2 Å². The van der Waals surface area contributed by atoms with Crippen LogP contribution in [0.25, 0.3) is 0 Å². The molecule has 11 nitrogen and oxygen atoms in total. The van der Waals surface area contributed by atoms with Crippen LogP contribution in [0.5, 0.6) is 0 Å². The van der Waals surface area contributed by atoms with Crippen molar-refractivity contribution in [3.8, 4) is 0 Å². The molecule has 48 heavy (non-hydrogen) atoms. The second-order valence-corrected chi connectivity index (χ2v) is 14.6. The first-order valence-corrected chi connectivity index (χ1v) is 17.0. The predicted octanol–water partition coefficient (Wildman–Crippen LogP) is 3.55. The highest BCUT2D eigenvalue weighted by atomic mass is 16.7. The maximum Gasteiger partial charge on any atom is 0.478 e. The Morgan fingerprint density at radius 1 is 0.875 bits per heavy atom. The summed E-state index contributed by atoms with van der Waals surface area (Å²) in [5, 5.41) is 11.0. The third-order valence-electron chi connectivity index (χ3n) is 10.4. The maximum atomic E-state index is 13.6. The summed E-state index contributed by atoms with van der Waals surface area (Å²) in [6.45, 7) is 11.9. The summed E-state index contributed by atoms with van der Waals surface area (Å²) in [7, 11) is -0.563. The van der Waals surface area contributed by atoms with Gasteiger partial charge >= 0.3 is 13.2 Å². The zero-order valence-electron chi connectivity index (χ0n) is 28.8. The van der Waals surface area contributed by atoms with Gasteiger partial charge in [0.15, 0.2) is 0 Å². The van der Waals surface area contributed by atoms with Gasteiger partial charge in [-0.1, -0.05) is 88.4 Å². The third-order valence-corrected chi connectivity index (χ3v) is 10.4. The average molecular weight is 661 g/mol. The summed E-state index contributed by atoms with van der Waals surface area (Å²) in [6, 6.07) is 15.6. The number of alkyl carbamates (subject to hydrolysis) is 1. The highest BCUT2D eigenvalue weighted by molar-refractivity contribution is 6.46. The molecule has 4 unspecified atom stereocenters. The molecule has 3 aliphatic carbocycles. The number of ether oxygens (including phenoxy) is 1. The number of hydrogen-bond donors (Lipinski definition) is 4. The molecule has 258 valence electrons. The Kier molecular flexibility index (Phi) is 10.8. The molecule has 1 heterocycles. The van der Waals surface area contributed by atoms with E-state index in [-0.39, 0.29) is 42.5 Å². The molecular formula is C36H49BN4O7. The van der Waals surface area contributed by atoms with Crippen molar-refractivity contribution >= 4 is 30.9 Å². The van der Waals surface area contributed by atoms with Gasteiger partial charge in [-0.05, 0) is 61.0 Å². The highest BCUT2D eigenvalue weighted by Crippen LogP contribution is 2.64. The van der Waals surface area contributed by atoms with Crippen LogP contribution in [0.15, 0.2) is 60.7 Å². The van der Waals surface area contributed by atoms with Crippen LogP contribution in [0, 0.1) is 23.2 Å². The molecule has 0 spiro atoms. The monoisotopic (exact) mass is 660 g/mol. The molecule has 0 aromatic heterocycles. The Morgan fingerprint density at radius 3 is 2.15 bits per heavy atom. The summed E-state index contributed by atoms with van der Waals surface area (Å²) in [4.78, 5) is 52.8. The van der Waals surface area contributed by atoms with E-state index in [1.807, 2.05) is 60.7 Å². The molecule has 1 aliphatic heterocycles. The van der Waals surface area contributed by atoms with E-state index < -0.39 is 49.1 Å². The van der Waals surface area contributed by atoms with E-state index in [0.717, 1.165) is 24.0 Å². The van der Waals surface area contributed by atoms with Gasteiger partial charge in [0.05, 0.1) is 18.1 Å². The van der Waals surface area contributed by atoms with E-state index in [4.69, 9.17) is 14.0 Å². The van der Waals surface area contributed by atoms with Crippen LogP contribution >= 0.6 is 0 Å². The zero-order chi connectivity index (χ0) is 34.6. The van der Waals surface area contributed by atoms with Crippen LogP contribution in [0.1, 0.15) is 65.5 Å². The minimum atomic E-state index is -1.02. The summed E-state index contributed by atoms with van der Waals surface area (Å²) in [5.74, 6) is -0.725. The lowest BCUT2D eigenvalue weighted by atomic mass is 9.45. The lowest BCUT2D eigenvalue weighted by Crippen LogP contribution is -2.63. The molecule has 4 aliphatic rings. The second kappa shape index (κ2) is 14.7. The Labute approximate surface area is 283 Å². The van der Waals surface area contributed by atoms with Gasteiger partial charge in [0.25, 0.3) is 0 Å². The van der Waals surface area contributed by atoms with Crippen molar-refractivity contribution < 1.29 is 33.2 Å². The Hall–Kier alpha value is -3.90. The number of carbonyl (C=O) groups excluding carboxylic acids is 4. The van der Waals surface area contributed by atoms with Gasteiger partial charge in [0.2, 0.25) is 17.7 Å². The van der Waals surface area contributed by atoms with Gasteiger partial charge in [-0.25, -0.2) is 4.79 Å². The van der Waals surface area contributed by atoms with Gasteiger partial charge in [0.1, 0.15) is 24.7 Å². The average Bonchev–Trinajstić information content (AvgIpc) is 3.41. The molecule has 0 radical (unpaired) electrons. The smallest absolute Gasteiger partial charge is 0.445 e. The van der Waals surface area contributed by atoms with Crippen molar-refractivity contribution in [2.45, 2.75) is 97.2 Å².